The number of allylic oxidation sites excluding steroid dienone is 1. The first-order valence-electron chi connectivity index (χ1n) is 4.76. The minimum Gasteiger partial charge on any atom is -0.373 e. The summed E-state index contributed by atoms with van der Waals surface area (Å²) in [5, 5.41) is 9.46. The Morgan fingerprint density at radius 2 is 1.93 bits per heavy atom. The Morgan fingerprint density at radius 1 is 1.40 bits per heavy atom. The minimum absolute atomic E-state index is 0.238. The molecule has 80 valence electrons. The third-order valence-electron chi connectivity index (χ3n) is 2.02. The van der Waals surface area contributed by atoms with Gasteiger partial charge in [0.05, 0.1) is 0 Å². The molecule has 0 fully saturated rings. The predicted molar refractivity (Wildman–Crippen MR) is 59.1 cm³/mol. The topological polar surface area (TPSA) is 40.5 Å². The maximum atomic E-state index is 11.9. The molecule has 1 amide bonds. The number of amides is 1. The van der Waals surface area contributed by atoms with Crippen molar-refractivity contribution in [1.29, 1.82) is 0 Å². The Bertz CT molecular complexity index is 357. The fourth-order valence-electron chi connectivity index (χ4n) is 1.38. The van der Waals surface area contributed by atoms with E-state index in [2.05, 4.69) is 6.58 Å². The van der Waals surface area contributed by atoms with Crippen molar-refractivity contribution in [2.24, 2.45) is 0 Å². The zero-order valence-corrected chi connectivity index (χ0v) is 8.97. The van der Waals surface area contributed by atoms with Crippen molar-refractivity contribution in [1.82, 2.24) is 4.90 Å². The normalized spacial score (nSPS) is 11.9. The molecule has 1 N–H and O–H groups in total. The number of nitrogens with zero attached hydrogens (tertiary/aromatic N) is 1. The van der Waals surface area contributed by atoms with Gasteiger partial charge >= 0.3 is 0 Å². The molecule has 1 atom stereocenters. The Hall–Kier alpha value is -1.61. The van der Waals surface area contributed by atoms with E-state index in [-0.39, 0.29) is 5.91 Å². The van der Waals surface area contributed by atoms with Crippen molar-refractivity contribution in [2.45, 2.75) is 20.1 Å². The largest absolute Gasteiger partial charge is 0.373 e. The number of carbonyl (C=O) groups excluding carboxylic acids is 1. The summed E-state index contributed by atoms with van der Waals surface area (Å²) < 4.78 is 0. The number of carbonyl (C=O) groups is 1. The summed E-state index contributed by atoms with van der Waals surface area (Å²) >= 11 is 0. The summed E-state index contributed by atoms with van der Waals surface area (Å²) in [6.45, 7) is 6.89. The smallest absolute Gasteiger partial charge is 0.260 e. The van der Waals surface area contributed by atoms with Crippen LogP contribution in [0.2, 0.25) is 0 Å². The van der Waals surface area contributed by atoms with Crippen molar-refractivity contribution >= 4 is 5.91 Å². The monoisotopic (exact) mass is 205 g/mol. The van der Waals surface area contributed by atoms with Gasteiger partial charge in [-0.05, 0) is 26.0 Å². The number of rotatable bonds is 3. The summed E-state index contributed by atoms with van der Waals surface area (Å²) in [4.78, 5) is 13.2. The average Bonchev–Trinajstić information content (AvgIpc) is 2.18. The summed E-state index contributed by atoms with van der Waals surface area (Å²) in [6.07, 6.45) is -0.866. The molecule has 0 aromatic heterocycles. The second-order valence-corrected chi connectivity index (χ2v) is 3.41. The molecule has 0 saturated carbocycles. The van der Waals surface area contributed by atoms with Gasteiger partial charge in [0.1, 0.15) is 6.23 Å². The van der Waals surface area contributed by atoms with E-state index in [0.29, 0.717) is 11.3 Å². The number of aliphatic hydroxyl groups is 1. The molecule has 0 spiro atoms. The van der Waals surface area contributed by atoms with Gasteiger partial charge < -0.3 is 5.11 Å². The zero-order valence-electron chi connectivity index (χ0n) is 8.97. The van der Waals surface area contributed by atoms with Gasteiger partial charge in [-0.3, -0.25) is 9.69 Å². The molecule has 1 aromatic rings. The molecule has 1 aromatic carbocycles. The Kier molecular flexibility index (Phi) is 3.63. The zero-order chi connectivity index (χ0) is 11.4. The van der Waals surface area contributed by atoms with Crippen molar-refractivity contribution < 1.29 is 9.90 Å². The van der Waals surface area contributed by atoms with Crippen LogP contribution in [0.15, 0.2) is 42.6 Å². The minimum atomic E-state index is -0.866. The second kappa shape index (κ2) is 4.75. The third-order valence-corrected chi connectivity index (χ3v) is 2.02. The molecule has 1 rings (SSSR count). The molecule has 0 aliphatic heterocycles. The van der Waals surface area contributed by atoms with Gasteiger partial charge in [-0.25, -0.2) is 0 Å². The fourth-order valence-corrected chi connectivity index (χ4v) is 1.38. The van der Waals surface area contributed by atoms with E-state index in [4.69, 9.17) is 0 Å². The summed E-state index contributed by atoms with van der Waals surface area (Å²) in [5.74, 6) is -0.238. The van der Waals surface area contributed by atoms with E-state index in [1.165, 1.54) is 11.8 Å². The molecule has 0 bridgehead atoms. The van der Waals surface area contributed by atoms with Crippen LogP contribution < -0.4 is 0 Å². The second-order valence-electron chi connectivity index (χ2n) is 3.41. The molecule has 3 nitrogen and oxygen atoms in total. The van der Waals surface area contributed by atoms with Crippen LogP contribution in [0.3, 0.4) is 0 Å². The lowest BCUT2D eigenvalue weighted by Gasteiger charge is -2.25. The molecule has 0 radical (unpaired) electrons. The predicted octanol–water partition coefficient (Wildman–Crippen LogP) is 2.00. The van der Waals surface area contributed by atoms with Crippen LogP contribution in [0.25, 0.3) is 0 Å². The molecule has 0 aliphatic carbocycles. The molecule has 0 aliphatic rings. The lowest BCUT2D eigenvalue weighted by Crippen LogP contribution is -2.36. The van der Waals surface area contributed by atoms with Gasteiger partial charge in [0.25, 0.3) is 5.91 Å². The van der Waals surface area contributed by atoms with Crippen LogP contribution in [0.4, 0.5) is 0 Å². The van der Waals surface area contributed by atoms with E-state index >= 15 is 0 Å². The maximum Gasteiger partial charge on any atom is 0.260 e. The highest BCUT2D eigenvalue weighted by Gasteiger charge is 2.19. The first-order chi connectivity index (χ1) is 7.04. The van der Waals surface area contributed by atoms with E-state index in [9.17, 15) is 9.90 Å². The summed E-state index contributed by atoms with van der Waals surface area (Å²) in [7, 11) is 0. The average molecular weight is 205 g/mol. The van der Waals surface area contributed by atoms with Crippen LogP contribution >= 0.6 is 0 Å². The molecule has 0 heterocycles. The Balaban J connectivity index is 2.97. The lowest BCUT2D eigenvalue weighted by molar-refractivity contribution is 0.0332. The number of aliphatic hydroxyl groups excluding tert-OH is 1. The van der Waals surface area contributed by atoms with Crippen LogP contribution in [-0.2, 0) is 0 Å². The summed E-state index contributed by atoms with van der Waals surface area (Å²) in [6, 6.07) is 8.82. The Morgan fingerprint density at radius 3 is 2.33 bits per heavy atom. The van der Waals surface area contributed by atoms with Crippen molar-refractivity contribution in [3.05, 3.63) is 48.2 Å². The highest BCUT2D eigenvalue weighted by atomic mass is 16.3. The molecule has 1 unspecified atom stereocenters. The van der Waals surface area contributed by atoms with Gasteiger partial charge in [0.2, 0.25) is 0 Å². The van der Waals surface area contributed by atoms with E-state index in [1.54, 1.807) is 31.2 Å². The van der Waals surface area contributed by atoms with Gasteiger partial charge in [0, 0.05) is 11.3 Å². The van der Waals surface area contributed by atoms with Gasteiger partial charge in [0.15, 0.2) is 0 Å². The maximum absolute atomic E-state index is 11.9. The van der Waals surface area contributed by atoms with Crippen molar-refractivity contribution in [3.8, 4) is 0 Å². The first-order valence-corrected chi connectivity index (χ1v) is 4.76. The SMILES string of the molecule is C=C(C)N(C(=O)c1ccccc1)C(C)O. The highest BCUT2D eigenvalue weighted by Crippen LogP contribution is 2.12. The summed E-state index contributed by atoms with van der Waals surface area (Å²) in [5.41, 5.74) is 1.07. The lowest BCUT2D eigenvalue weighted by atomic mass is 10.2. The van der Waals surface area contributed by atoms with Crippen LogP contribution in [0.1, 0.15) is 24.2 Å². The molecular weight excluding hydrogens is 190 g/mol. The van der Waals surface area contributed by atoms with E-state index < -0.39 is 6.23 Å². The van der Waals surface area contributed by atoms with Crippen molar-refractivity contribution in [3.63, 3.8) is 0 Å². The van der Waals surface area contributed by atoms with Crippen molar-refractivity contribution in [2.75, 3.05) is 0 Å². The number of benzene rings is 1. The molecule has 15 heavy (non-hydrogen) atoms. The van der Waals surface area contributed by atoms with E-state index in [1.807, 2.05) is 6.07 Å². The molecule has 0 saturated heterocycles. The highest BCUT2D eigenvalue weighted by molar-refractivity contribution is 5.95. The third kappa shape index (κ3) is 2.67. The van der Waals surface area contributed by atoms with Crippen LogP contribution in [0.5, 0.6) is 0 Å². The van der Waals surface area contributed by atoms with Crippen LogP contribution in [0, 0.1) is 0 Å². The standard InChI is InChI=1S/C12H15NO2/c1-9(2)13(10(3)14)12(15)11-7-5-4-6-8-11/h4-8,10,14H,1H2,2-3H3. The number of hydrogen-bond acceptors (Lipinski definition) is 2. The Labute approximate surface area is 89.6 Å². The first kappa shape index (κ1) is 11.5. The molecular formula is C12H15NO2. The van der Waals surface area contributed by atoms with E-state index in [0.717, 1.165) is 0 Å². The quantitative estimate of drug-likeness (QED) is 0.767. The fraction of sp³-hybridized carbons (Fsp3) is 0.250. The number of hydrogen-bond donors (Lipinski definition) is 1. The van der Waals surface area contributed by atoms with Crippen LogP contribution in [-0.4, -0.2) is 22.1 Å². The van der Waals surface area contributed by atoms with Gasteiger partial charge in [-0.15, -0.1) is 0 Å². The molecule has 3 heteroatoms. The van der Waals surface area contributed by atoms with Gasteiger partial charge in [-0.1, -0.05) is 24.8 Å². The van der Waals surface area contributed by atoms with Gasteiger partial charge in [-0.2, -0.15) is 0 Å².